The van der Waals surface area contributed by atoms with Crippen LogP contribution >= 0.6 is 0 Å². The highest BCUT2D eigenvalue weighted by atomic mass is 16.6. The second-order valence-electron chi connectivity index (χ2n) is 4.70. The molecular formula is C16H21NO3. The van der Waals surface area contributed by atoms with Crippen LogP contribution in [0.5, 0.6) is 5.75 Å². The lowest BCUT2D eigenvalue weighted by molar-refractivity contribution is 0.0391. The van der Waals surface area contributed by atoms with Gasteiger partial charge in [-0.1, -0.05) is 23.4 Å². The third-order valence-electron chi connectivity index (χ3n) is 3.13. The van der Waals surface area contributed by atoms with Crippen LogP contribution in [0.1, 0.15) is 25.3 Å². The molecule has 0 amide bonds. The van der Waals surface area contributed by atoms with Gasteiger partial charge in [0.15, 0.2) is 0 Å². The number of benzene rings is 1. The number of rotatable bonds is 7. The molecule has 0 radical (unpaired) electrons. The van der Waals surface area contributed by atoms with Crippen molar-refractivity contribution in [2.24, 2.45) is 5.16 Å². The first-order valence-corrected chi connectivity index (χ1v) is 6.88. The largest absolute Gasteiger partial charge is 0.497 e. The smallest absolute Gasteiger partial charge is 0.135 e. The predicted molar refractivity (Wildman–Crippen MR) is 79.0 cm³/mol. The van der Waals surface area contributed by atoms with Gasteiger partial charge in [-0.25, -0.2) is 0 Å². The molecular weight excluding hydrogens is 254 g/mol. The third-order valence-corrected chi connectivity index (χ3v) is 3.13. The molecule has 1 heterocycles. The average molecular weight is 275 g/mol. The molecule has 4 heteroatoms. The van der Waals surface area contributed by atoms with Crippen LogP contribution in [0.25, 0.3) is 0 Å². The first-order chi connectivity index (χ1) is 9.81. The first-order valence-electron chi connectivity index (χ1n) is 6.88. The zero-order chi connectivity index (χ0) is 14.2. The summed E-state index contributed by atoms with van der Waals surface area (Å²) in [4.78, 5) is 5.34. The summed E-state index contributed by atoms with van der Waals surface area (Å²) in [6, 6.07) is 7.91. The second kappa shape index (κ2) is 7.70. The van der Waals surface area contributed by atoms with Gasteiger partial charge in [-0.3, -0.25) is 0 Å². The van der Waals surface area contributed by atoms with Gasteiger partial charge in [0.1, 0.15) is 11.9 Å². The summed E-state index contributed by atoms with van der Waals surface area (Å²) in [6.07, 6.45) is 5.84. The van der Waals surface area contributed by atoms with Gasteiger partial charge in [-0.15, -0.1) is 0 Å². The summed E-state index contributed by atoms with van der Waals surface area (Å²) in [5.74, 6) is 0.863. The van der Waals surface area contributed by atoms with Gasteiger partial charge < -0.3 is 14.3 Å². The lowest BCUT2D eigenvalue weighted by Gasteiger charge is -2.09. The summed E-state index contributed by atoms with van der Waals surface area (Å²) in [5.41, 5.74) is 2.15. The molecule has 2 rings (SSSR count). The lowest BCUT2D eigenvalue weighted by atomic mass is 10.1. The van der Waals surface area contributed by atoms with Gasteiger partial charge in [0.2, 0.25) is 0 Å². The Morgan fingerprint density at radius 3 is 2.85 bits per heavy atom. The fraction of sp³-hybridized carbons (Fsp3) is 0.438. The number of ether oxygens (including phenoxy) is 2. The average Bonchev–Trinajstić information content (AvgIpc) is 2.92. The maximum atomic E-state index is 5.66. The van der Waals surface area contributed by atoms with Gasteiger partial charge in [-0.05, 0) is 30.7 Å². The molecule has 0 aliphatic carbocycles. The van der Waals surface area contributed by atoms with Crippen molar-refractivity contribution in [2.75, 3.05) is 13.7 Å². The normalized spacial score (nSPS) is 18.1. The lowest BCUT2D eigenvalue weighted by Crippen LogP contribution is -2.10. The number of hydrogen-bond donors (Lipinski definition) is 0. The van der Waals surface area contributed by atoms with E-state index in [0.29, 0.717) is 13.2 Å². The molecule has 0 saturated carbocycles. The van der Waals surface area contributed by atoms with Crippen LogP contribution in [0, 0.1) is 0 Å². The SMILES string of the molecule is C/C=C/C1=NOC(CCOCc2ccc(OC)cc2)C1. The Morgan fingerprint density at radius 2 is 2.15 bits per heavy atom. The fourth-order valence-electron chi connectivity index (χ4n) is 2.02. The van der Waals surface area contributed by atoms with Crippen molar-refractivity contribution < 1.29 is 14.3 Å². The van der Waals surface area contributed by atoms with E-state index in [-0.39, 0.29) is 6.10 Å². The highest BCUT2D eigenvalue weighted by Gasteiger charge is 2.18. The molecule has 20 heavy (non-hydrogen) atoms. The minimum Gasteiger partial charge on any atom is -0.497 e. The van der Waals surface area contributed by atoms with E-state index in [2.05, 4.69) is 5.16 Å². The van der Waals surface area contributed by atoms with E-state index in [1.54, 1.807) is 7.11 Å². The Bertz CT molecular complexity index is 465. The minimum atomic E-state index is 0.150. The Morgan fingerprint density at radius 1 is 1.35 bits per heavy atom. The van der Waals surface area contributed by atoms with Crippen molar-refractivity contribution in [2.45, 2.75) is 32.5 Å². The van der Waals surface area contributed by atoms with Crippen molar-refractivity contribution in [3.63, 3.8) is 0 Å². The van der Waals surface area contributed by atoms with Crippen molar-refractivity contribution >= 4 is 5.71 Å². The summed E-state index contributed by atoms with van der Waals surface area (Å²) in [5, 5.41) is 4.02. The number of oxime groups is 1. The first kappa shape index (κ1) is 14.6. The van der Waals surface area contributed by atoms with Crippen molar-refractivity contribution in [1.82, 2.24) is 0 Å². The van der Waals surface area contributed by atoms with Gasteiger partial charge in [0.05, 0.1) is 26.0 Å². The minimum absolute atomic E-state index is 0.150. The van der Waals surface area contributed by atoms with Crippen molar-refractivity contribution in [3.8, 4) is 5.75 Å². The standard InChI is InChI=1S/C16H21NO3/c1-3-4-14-11-16(20-17-14)9-10-19-12-13-5-7-15(18-2)8-6-13/h3-8,16H,9-12H2,1-2H3/b4-3+. The van der Waals surface area contributed by atoms with Gasteiger partial charge in [0.25, 0.3) is 0 Å². The van der Waals surface area contributed by atoms with Crippen LogP contribution < -0.4 is 4.74 Å². The second-order valence-corrected chi connectivity index (χ2v) is 4.70. The van der Waals surface area contributed by atoms with Crippen LogP contribution in [0.15, 0.2) is 41.6 Å². The van der Waals surface area contributed by atoms with Gasteiger partial charge in [-0.2, -0.15) is 0 Å². The van der Waals surface area contributed by atoms with E-state index in [1.807, 2.05) is 43.3 Å². The number of allylic oxidation sites excluding steroid dienone is 2. The molecule has 0 fully saturated rings. The molecule has 108 valence electrons. The number of methoxy groups -OCH3 is 1. The zero-order valence-corrected chi connectivity index (χ0v) is 12.0. The van der Waals surface area contributed by atoms with Gasteiger partial charge in [0, 0.05) is 12.8 Å². The number of nitrogens with zero attached hydrogens (tertiary/aromatic N) is 1. The Balaban J connectivity index is 1.62. The highest BCUT2D eigenvalue weighted by Crippen LogP contribution is 2.16. The van der Waals surface area contributed by atoms with E-state index in [4.69, 9.17) is 14.3 Å². The van der Waals surface area contributed by atoms with E-state index < -0.39 is 0 Å². The Kier molecular flexibility index (Phi) is 5.62. The molecule has 1 aromatic carbocycles. The maximum Gasteiger partial charge on any atom is 0.135 e. The van der Waals surface area contributed by atoms with Crippen LogP contribution in [0.4, 0.5) is 0 Å². The van der Waals surface area contributed by atoms with Crippen molar-refractivity contribution in [1.29, 1.82) is 0 Å². The topological polar surface area (TPSA) is 40.0 Å². The number of hydrogen-bond acceptors (Lipinski definition) is 4. The maximum absolute atomic E-state index is 5.66. The molecule has 1 unspecified atom stereocenters. The van der Waals surface area contributed by atoms with E-state index in [0.717, 1.165) is 29.9 Å². The molecule has 1 aromatic rings. The zero-order valence-electron chi connectivity index (χ0n) is 12.0. The molecule has 0 N–H and O–H groups in total. The Hall–Kier alpha value is -1.81. The summed E-state index contributed by atoms with van der Waals surface area (Å²) >= 11 is 0. The van der Waals surface area contributed by atoms with Crippen molar-refractivity contribution in [3.05, 3.63) is 42.0 Å². The summed E-state index contributed by atoms with van der Waals surface area (Å²) in [7, 11) is 1.66. The van der Waals surface area contributed by atoms with Crippen LogP contribution in [-0.4, -0.2) is 25.5 Å². The third kappa shape index (κ3) is 4.38. The molecule has 1 atom stereocenters. The molecule has 0 spiro atoms. The van der Waals surface area contributed by atoms with E-state index >= 15 is 0 Å². The quantitative estimate of drug-likeness (QED) is 0.717. The molecule has 4 nitrogen and oxygen atoms in total. The Labute approximate surface area is 120 Å². The summed E-state index contributed by atoms with van der Waals surface area (Å²) in [6.45, 7) is 3.27. The molecule has 0 bridgehead atoms. The van der Waals surface area contributed by atoms with E-state index in [1.165, 1.54) is 0 Å². The fourth-order valence-corrected chi connectivity index (χ4v) is 2.02. The molecule has 0 aromatic heterocycles. The molecule has 1 aliphatic rings. The monoisotopic (exact) mass is 275 g/mol. The highest BCUT2D eigenvalue weighted by molar-refractivity contribution is 5.95. The van der Waals surface area contributed by atoms with Crippen LogP contribution in [0.2, 0.25) is 0 Å². The van der Waals surface area contributed by atoms with Crippen LogP contribution in [-0.2, 0) is 16.2 Å². The predicted octanol–water partition coefficient (Wildman–Crippen LogP) is 3.32. The molecule has 0 saturated heterocycles. The van der Waals surface area contributed by atoms with Gasteiger partial charge >= 0.3 is 0 Å². The van der Waals surface area contributed by atoms with Crippen LogP contribution in [0.3, 0.4) is 0 Å². The summed E-state index contributed by atoms with van der Waals surface area (Å²) < 4.78 is 10.8. The molecule has 1 aliphatic heterocycles. The van der Waals surface area contributed by atoms with E-state index in [9.17, 15) is 0 Å².